The van der Waals surface area contributed by atoms with Crippen LogP contribution in [0.4, 0.5) is 0 Å². The molecule has 4 heteroatoms. The van der Waals surface area contributed by atoms with Crippen molar-refractivity contribution in [3.05, 3.63) is 35.4 Å². The van der Waals surface area contributed by atoms with Gasteiger partial charge >= 0.3 is 0 Å². The average molecular weight is 192 g/mol. The van der Waals surface area contributed by atoms with Crippen molar-refractivity contribution < 1.29 is 0 Å². The van der Waals surface area contributed by atoms with E-state index in [-0.39, 0.29) is 5.96 Å². The van der Waals surface area contributed by atoms with Crippen molar-refractivity contribution in [1.82, 2.24) is 5.43 Å². The Hall–Kier alpha value is -1.71. The number of hydrazone groups is 1. The molecule has 0 fully saturated rings. The molecule has 1 rings (SSSR count). The number of nitrogens with zero attached hydrogens (tertiary/aromatic N) is 1. The number of guanidine groups is 1. The van der Waals surface area contributed by atoms with Gasteiger partial charge in [0.2, 0.25) is 5.96 Å². The van der Waals surface area contributed by atoms with E-state index >= 15 is 0 Å². The lowest BCUT2D eigenvalue weighted by Gasteiger charge is -2.02. The molecule has 0 atom stereocenters. The molecule has 0 bridgehead atoms. The SMILES string of the molecule is CCc1ccc(CNN=C(N)N)cc1. The molecule has 5 N–H and O–H groups in total. The Balaban J connectivity index is 2.48. The van der Waals surface area contributed by atoms with Crippen LogP contribution in [0.5, 0.6) is 0 Å². The molecule has 1 aromatic carbocycles. The molecule has 76 valence electrons. The third kappa shape index (κ3) is 3.35. The maximum atomic E-state index is 5.17. The van der Waals surface area contributed by atoms with E-state index in [0.717, 1.165) is 12.0 Å². The van der Waals surface area contributed by atoms with Gasteiger partial charge in [-0.05, 0) is 17.5 Å². The highest BCUT2D eigenvalue weighted by Crippen LogP contribution is 2.04. The van der Waals surface area contributed by atoms with Crippen molar-refractivity contribution in [3.63, 3.8) is 0 Å². The third-order valence-corrected chi connectivity index (χ3v) is 1.92. The molecule has 0 saturated heterocycles. The van der Waals surface area contributed by atoms with Gasteiger partial charge in [-0.1, -0.05) is 31.2 Å². The van der Waals surface area contributed by atoms with E-state index in [1.54, 1.807) is 0 Å². The van der Waals surface area contributed by atoms with Gasteiger partial charge in [0.1, 0.15) is 0 Å². The molecule has 0 saturated carbocycles. The fraction of sp³-hybridized carbons (Fsp3) is 0.300. The third-order valence-electron chi connectivity index (χ3n) is 1.92. The van der Waals surface area contributed by atoms with Crippen molar-refractivity contribution in [3.8, 4) is 0 Å². The monoisotopic (exact) mass is 192 g/mol. The van der Waals surface area contributed by atoms with Gasteiger partial charge in [0, 0.05) is 0 Å². The van der Waals surface area contributed by atoms with Crippen LogP contribution in [0, 0.1) is 0 Å². The second-order valence-electron chi connectivity index (χ2n) is 3.04. The minimum Gasteiger partial charge on any atom is -0.369 e. The van der Waals surface area contributed by atoms with Crippen LogP contribution in [-0.4, -0.2) is 5.96 Å². The van der Waals surface area contributed by atoms with Crippen molar-refractivity contribution in [1.29, 1.82) is 0 Å². The molecule has 1 aromatic rings. The molecule has 0 aliphatic rings. The molecule has 0 heterocycles. The van der Waals surface area contributed by atoms with E-state index < -0.39 is 0 Å². The van der Waals surface area contributed by atoms with Gasteiger partial charge in [0.15, 0.2) is 0 Å². The van der Waals surface area contributed by atoms with Gasteiger partial charge in [-0.15, -0.1) is 5.10 Å². The Morgan fingerprint density at radius 1 is 1.21 bits per heavy atom. The average Bonchev–Trinajstić information content (AvgIpc) is 2.18. The zero-order valence-corrected chi connectivity index (χ0v) is 8.33. The Morgan fingerprint density at radius 2 is 1.79 bits per heavy atom. The number of benzene rings is 1. The van der Waals surface area contributed by atoms with E-state index in [9.17, 15) is 0 Å². The van der Waals surface area contributed by atoms with Crippen LogP contribution in [0.15, 0.2) is 29.4 Å². The molecule has 0 unspecified atom stereocenters. The Kier molecular flexibility index (Phi) is 3.79. The van der Waals surface area contributed by atoms with E-state index in [1.165, 1.54) is 5.56 Å². The molecule has 0 aliphatic heterocycles. The standard InChI is InChI=1S/C10H16N4/c1-2-8-3-5-9(6-4-8)7-13-14-10(11)12/h3-6,13H,2,7H2,1H3,(H4,11,12,14). The molecule has 14 heavy (non-hydrogen) atoms. The first kappa shape index (κ1) is 10.4. The summed E-state index contributed by atoms with van der Waals surface area (Å²) in [7, 11) is 0. The fourth-order valence-corrected chi connectivity index (χ4v) is 1.11. The summed E-state index contributed by atoms with van der Waals surface area (Å²) in [5.74, 6) is 0.0511. The quantitative estimate of drug-likeness (QED) is 0.370. The maximum Gasteiger partial charge on any atom is 0.208 e. The summed E-state index contributed by atoms with van der Waals surface area (Å²) < 4.78 is 0. The lowest BCUT2D eigenvalue weighted by Crippen LogP contribution is -2.26. The number of hydrogen-bond acceptors (Lipinski definition) is 2. The molecular formula is C10H16N4. The van der Waals surface area contributed by atoms with E-state index in [1.807, 2.05) is 0 Å². The first-order valence-corrected chi connectivity index (χ1v) is 4.61. The van der Waals surface area contributed by atoms with Gasteiger partial charge in [-0.25, -0.2) is 0 Å². The highest BCUT2D eigenvalue weighted by atomic mass is 15.3. The Bertz CT molecular complexity index is 298. The molecule has 0 radical (unpaired) electrons. The maximum absolute atomic E-state index is 5.17. The van der Waals surface area contributed by atoms with E-state index in [2.05, 4.69) is 41.7 Å². The number of hydrogen-bond donors (Lipinski definition) is 3. The zero-order chi connectivity index (χ0) is 10.4. The molecule has 0 aromatic heterocycles. The minimum atomic E-state index is 0.0511. The molecule has 4 nitrogen and oxygen atoms in total. The lowest BCUT2D eigenvalue weighted by molar-refractivity contribution is 0.740. The highest BCUT2D eigenvalue weighted by molar-refractivity contribution is 5.75. The van der Waals surface area contributed by atoms with Crippen LogP contribution in [0.2, 0.25) is 0 Å². The number of nitrogens with two attached hydrogens (primary N) is 2. The van der Waals surface area contributed by atoms with E-state index in [4.69, 9.17) is 11.5 Å². The number of rotatable bonds is 4. The van der Waals surface area contributed by atoms with Crippen molar-refractivity contribution >= 4 is 5.96 Å². The lowest BCUT2D eigenvalue weighted by atomic mass is 10.1. The van der Waals surface area contributed by atoms with Crippen LogP contribution in [-0.2, 0) is 13.0 Å². The summed E-state index contributed by atoms with van der Waals surface area (Å²) >= 11 is 0. The van der Waals surface area contributed by atoms with Crippen LogP contribution >= 0.6 is 0 Å². The zero-order valence-electron chi connectivity index (χ0n) is 8.33. The Labute approximate surface area is 84.0 Å². The molecule has 0 aliphatic carbocycles. The van der Waals surface area contributed by atoms with Gasteiger partial charge < -0.3 is 16.9 Å². The largest absolute Gasteiger partial charge is 0.369 e. The number of nitrogens with one attached hydrogen (secondary N) is 1. The summed E-state index contributed by atoms with van der Waals surface area (Å²) in [6.07, 6.45) is 1.06. The topological polar surface area (TPSA) is 76.4 Å². The van der Waals surface area contributed by atoms with Gasteiger partial charge in [-0.3, -0.25) is 0 Å². The van der Waals surface area contributed by atoms with Crippen LogP contribution in [0.25, 0.3) is 0 Å². The van der Waals surface area contributed by atoms with Crippen LogP contribution in [0.3, 0.4) is 0 Å². The van der Waals surface area contributed by atoms with E-state index in [0.29, 0.717) is 6.54 Å². The second kappa shape index (κ2) is 5.11. The normalized spacial score (nSPS) is 9.50. The molecule has 0 amide bonds. The fourth-order valence-electron chi connectivity index (χ4n) is 1.11. The van der Waals surface area contributed by atoms with Crippen molar-refractivity contribution in [2.75, 3.05) is 0 Å². The highest BCUT2D eigenvalue weighted by Gasteiger charge is 1.91. The second-order valence-corrected chi connectivity index (χ2v) is 3.04. The summed E-state index contributed by atoms with van der Waals surface area (Å²) in [6, 6.07) is 8.33. The summed E-state index contributed by atoms with van der Waals surface area (Å²) in [5.41, 5.74) is 15.6. The van der Waals surface area contributed by atoms with Crippen LogP contribution in [0.1, 0.15) is 18.1 Å². The first-order valence-electron chi connectivity index (χ1n) is 4.61. The Morgan fingerprint density at radius 3 is 2.29 bits per heavy atom. The summed E-state index contributed by atoms with van der Waals surface area (Å²) in [5, 5.41) is 3.68. The predicted molar refractivity (Wildman–Crippen MR) is 58.5 cm³/mol. The first-order chi connectivity index (χ1) is 6.72. The van der Waals surface area contributed by atoms with Gasteiger partial charge in [-0.2, -0.15) is 0 Å². The van der Waals surface area contributed by atoms with Gasteiger partial charge in [0.05, 0.1) is 6.54 Å². The van der Waals surface area contributed by atoms with Crippen molar-refractivity contribution in [2.45, 2.75) is 19.9 Å². The minimum absolute atomic E-state index is 0.0511. The van der Waals surface area contributed by atoms with Crippen molar-refractivity contribution in [2.24, 2.45) is 16.6 Å². The summed E-state index contributed by atoms with van der Waals surface area (Å²) in [4.78, 5) is 0. The molecular weight excluding hydrogens is 176 g/mol. The van der Waals surface area contributed by atoms with Crippen LogP contribution < -0.4 is 16.9 Å². The predicted octanol–water partition coefficient (Wildman–Crippen LogP) is 0.527. The molecule has 0 spiro atoms. The summed E-state index contributed by atoms with van der Waals surface area (Å²) in [6.45, 7) is 2.77. The van der Waals surface area contributed by atoms with Gasteiger partial charge in [0.25, 0.3) is 0 Å². The number of aryl methyl sites for hydroxylation is 1. The smallest absolute Gasteiger partial charge is 0.208 e.